The summed E-state index contributed by atoms with van der Waals surface area (Å²) in [6, 6.07) is 60.1. The molecule has 0 unspecified atom stereocenters. The van der Waals surface area contributed by atoms with E-state index in [1.54, 1.807) is 0 Å². The van der Waals surface area contributed by atoms with Crippen LogP contribution in [0.15, 0.2) is 185 Å². The van der Waals surface area contributed by atoms with Crippen LogP contribution in [-0.4, -0.2) is 24.0 Å². The van der Waals surface area contributed by atoms with Crippen molar-refractivity contribution in [3.05, 3.63) is 192 Å². The second-order valence-electron chi connectivity index (χ2n) is 14.2. The molecule has 7 aromatic carbocycles. The predicted octanol–water partition coefficient (Wildman–Crippen LogP) is 12.4. The molecule has 0 N–H and O–H groups in total. The van der Waals surface area contributed by atoms with Gasteiger partial charge in [-0.1, -0.05) is 166 Å². The highest BCUT2D eigenvalue weighted by atomic mass is 15.2. The van der Waals surface area contributed by atoms with E-state index in [9.17, 15) is 0 Å². The van der Waals surface area contributed by atoms with E-state index < -0.39 is 0 Å². The van der Waals surface area contributed by atoms with Gasteiger partial charge >= 0.3 is 0 Å². The van der Waals surface area contributed by atoms with Gasteiger partial charge in [-0.05, 0) is 81.7 Å². The van der Waals surface area contributed by atoms with E-state index in [4.69, 9.17) is 4.99 Å². The van der Waals surface area contributed by atoms with Crippen LogP contribution in [-0.2, 0) is 18.5 Å². The molecule has 0 amide bonds. The van der Waals surface area contributed by atoms with E-state index in [0.29, 0.717) is 12.5 Å². The van der Waals surface area contributed by atoms with Crippen molar-refractivity contribution in [3.63, 3.8) is 0 Å². The molecule has 4 heteroatoms. The van der Waals surface area contributed by atoms with Gasteiger partial charge in [-0.15, -0.1) is 0 Å². The van der Waals surface area contributed by atoms with Gasteiger partial charge < -0.3 is 0 Å². The molecular weight excluding hydrogens is 657 g/mol. The van der Waals surface area contributed by atoms with Crippen LogP contribution in [0.1, 0.15) is 36.1 Å². The number of benzene rings is 7. The van der Waals surface area contributed by atoms with Crippen molar-refractivity contribution in [1.82, 2.24) is 4.57 Å². The van der Waals surface area contributed by atoms with Crippen LogP contribution in [0, 0.1) is 0 Å². The summed E-state index contributed by atoms with van der Waals surface area (Å²) in [4.78, 5) is 13.2. The summed E-state index contributed by atoms with van der Waals surface area (Å²) in [5.74, 6) is 0.592. The van der Waals surface area contributed by atoms with Gasteiger partial charge in [0.15, 0.2) is 0 Å². The zero-order valence-corrected chi connectivity index (χ0v) is 30.8. The standard InChI is InChI=1S/C42H33N3.C8H9N/c1-42(2)37-21-9-7-17-33(37)34-24-23-30(26-38(34)42)29-15-11-16-31(25-29)32-19-12-20-36-35-18-8-10-22-39(35)45(40(32)36)41(43-3)44-27-28-13-5-4-6-14-28;1-9-7-8-5-3-2-4-6-8/h4-26H,3,27H2,1-2H3;2-6H,1,7H2. The molecule has 0 atom stereocenters. The molecule has 1 heterocycles. The Bertz CT molecular complexity index is 2660. The Morgan fingerprint density at radius 3 is 1.87 bits per heavy atom. The molecule has 4 nitrogen and oxygen atoms in total. The number of hydrogen-bond acceptors (Lipinski definition) is 2. The number of aliphatic imine (C=N–C) groups is 3. The van der Waals surface area contributed by atoms with E-state index in [1.165, 1.54) is 49.7 Å². The molecule has 0 bridgehead atoms. The number of fused-ring (bicyclic) bond motifs is 6. The van der Waals surface area contributed by atoms with Crippen molar-refractivity contribution in [2.24, 2.45) is 15.0 Å². The number of para-hydroxylation sites is 2. The molecule has 0 saturated heterocycles. The maximum absolute atomic E-state index is 4.97. The molecule has 262 valence electrons. The van der Waals surface area contributed by atoms with Gasteiger partial charge in [0.25, 0.3) is 0 Å². The fourth-order valence-electron chi connectivity index (χ4n) is 7.86. The van der Waals surface area contributed by atoms with Crippen molar-refractivity contribution >= 4 is 41.2 Å². The minimum Gasteiger partial charge on any atom is -0.296 e. The third-order valence-electron chi connectivity index (χ3n) is 10.5. The zero-order chi connectivity index (χ0) is 37.1. The van der Waals surface area contributed by atoms with Crippen LogP contribution < -0.4 is 0 Å². The summed E-state index contributed by atoms with van der Waals surface area (Å²) < 4.78 is 2.18. The molecular formula is C50H42N4. The number of aromatic nitrogens is 1. The van der Waals surface area contributed by atoms with E-state index in [2.05, 4.69) is 163 Å². The molecule has 0 aliphatic heterocycles. The molecule has 9 rings (SSSR count). The molecule has 0 spiro atoms. The summed E-state index contributed by atoms with van der Waals surface area (Å²) in [6.45, 7) is 13.3. The smallest absolute Gasteiger partial charge is 0.229 e. The summed E-state index contributed by atoms with van der Waals surface area (Å²) >= 11 is 0. The first-order valence-electron chi connectivity index (χ1n) is 18.4. The average Bonchev–Trinajstić information content (AvgIpc) is 3.68. The third-order valence-corrected chi connectivity index (χ3v) is 10.5. The molecule has 0 radical (unpaired) electrons. The Labute approximate surface area is 317 Å². The summed E-state index contributed by atoms with van der Waals surface area (Å²) in [5.41, 5.74) is 14.6. The maximum atomic E-state index is 4.97. The van der Waals surface area contributed by atoms with Crippen LogP contribution in [0.25, 0.3) is 55.2 Å². The normalized spacial score (nSPS) is 12.8. The third kappa shape index (κ3) is 6.37. The quantitative estimate of drug-likeness (QED) is 0.123. The van der Waals surface area contributed by atoms with Gasteiger partial charge in [-0.2, -0.15) is 0 Å². The van der Waals surface area contributed by atoms with Crippen molar-refractivity contribution in [2.75, 3.05) is 0 Å². The first-order chi connectivity index (χ1) is 26.5. The van der Waals surface area contributed by atoms with Crippen molar-refractivity contribution < 1.29 is 0 Å². The second kappa shape index (κ2) is 14.8. The monoisotopic (exact) mass is 698 g/mol. The van der Waals surface area contributed by atoms with Gasteiger partial charge in [0.2, 0.25) is 5.96 Å². The Balaban J connectivity index is 0.000000405. The number of hydrogen-bond donors (Lipinski definition) is 0. The van der Waals surface area contributed by atoms with E-state index in [0.717, 1.165) is 34.3 Å². The molecule has 54 heavy (non-hydrogen) atoms. The topological polar surface area (TPSA) is 42.0 Å². The summed E-state index contributed by atoms with van der Waals surface area (Å²) in [7, 11) is 0. The van der Waals surface area contributed by atoms with Gasteiger partial charge in [-0.3, -0.25) is 9.56 Å². The molecule has 1 aromatic heterocycles. The average molecular weight is 699 g/mol. The minimum atomic E-state index is -0.0424. The first kappa shape index (κ1) is 34.4. The van der Waals surface area contributed by atoms with Gasteiger partial charge in [0, 0.05) is 21.8 Å². The van der Waals surface area contributed by atoms with Crippen LogP contribution in [0.5, 0.6) is 0 Å². The van der Waals surface area contributed by atoms with E-state index in [-0.39, 0.29) is 5.41 Å². The van der Waals surface area contributed by atoms with Crippen LogP contribution in [0.3, 0.4) is 0 Å². The molecule has 1 aliphatic rings. The number of nitrogens with zero attached hydrogens (tertiary/aromatic N) is 4. The zero-order valence-electron chi connectivity index (χ0n) is 30.8. The maximum Gasteiger partial charge on any atom is 0.229 e. The summed E-state index contributed by atoms with van der Waals surface area (Å²) in [5, 5.41) is 2.34. The van der Waals surface area contributed by atoms with Gasteiger partial charge in [-0.25, -0.2) is 9.98 Å². The molecule has 0 saturated carbocycles. The van der Waals surface area contributed by atoms with Crippen LogP contribution in [0.2, 0.25) is 0 Å². The van der Waals surface area contributed by atoms with Crippen LogP contribution in [0.4, 0.5) is 0 Å². The lowest BCUT2D eigenvalue weighted by molar-refractivity contribution is 0.660. The van der Waals surface area contributed by atoms with E-state index in [1.807, 2.05) is 48.5 Å². The van der Waals surface area contributed by atoms with Crippen molar-refractivity contribution in [2.45, 2.75) is 32.4 Å². The fraction of sp³-hybridized carbons (Fsp3) is 0.100. The highest BCUT2D eigenvalue weighted by Gasteiger charge is 2.35. The molecule has 1 aliphatic carbocycles. The van der Waals surface area contributed by atoms with Crippen molar-refractivity contribution in [3.8, 4) is 33.4 Å². The lowest BCUT2D eigenvalue weighted by atomic mass is 9.81. The highest BCUT2D eigenvalue weighted by Crippen LogP contribution is 2.49. The first-order valence-corrected chi connectivity index (χ1v) is 18.4. The Hall–Kier alpha value is -6.65. The Kier molecular flexibility index (Phi) is 9.42. The molecule has 8 aromatic rings. The van der Waals surface area contributed by atoms with E-state index >= 15 is 0 Å². The largest absolute Gasteiger partial charge is 0.296 e. The second-order valence-corrected chi connectivity index (χ2v) is 14.2. The lowest BCUT2D eigenvalue weighted by Gasteiger charge is -2.22. The summed E-state index contributed by atoms with van der Waals surface area (Å²) in [6.07, 6.45) is 0. The van der Waals surface area contributed by atoms with Gasteiger partial charge in [0.1, 0.15) is 0 Å². The lowest BCUT2D eigenvalue weighted by Crippen LogP contribution is -2.14. The fourth-order valence-corrected chi connectivity index (χ4v) is 7.86. The predicted molar refractivity (Wildman–Crippen MR) is 230 cm³/mol. The Morgan fingerprint density at radius 1 is 0.519 bits per heavy atom. The van der Waals surface area contributed by atoms with Gasteiger partial charge in [0.05, 0.1) is 24.1 Å². The Morgan fingerprint density at radius 2 is 1.11 bits per heavy atom. The molecule has 0 fully saturated rings. The van der Waals surface area contributed by atoms with Crippen LogP contribution >= 0.6 is 0 Å². The SMILES string of the molecule is C=NC(=NCc1ccccc1)n1c2ccccc2c2cccc(-c3cccc(-c4ccc5c(c4)C(C)(C)c4ccccc4-5)c3)c21.C=NCc1ccccc1. The van der Waals surface area contributed by atoms with Crippen molar-refractivity contribution in [1.29, 1.82) is 0 Å². The highest BCUT2D eigenvalue weighted by molar-refractivity contribution is 6.18. The number of rotatable bonds is 6. The minimum absolute atomic E-state index is 0.0424.